The fourth-order valence-electron chi connectivity index (χ4n) is 1.95. The minimum Gasteiger partial charge on any atom is -1.00 e. The van der Waals surface area contributed by atoms with Gasteiger partial charge in [0.15, 0.2) is 0 Å². The zero-order chi connectivity index (χ0) is 11.6. The van der Waals surface area contributed by atoms with E-state index in [9.17, 15) is 0 Å². The van der Waals surface area contributed by atoms with Crippen LogP contribution in [0, 0.1) is 0 Å². The standard InChI is InChI=1S/C15H24O.Cs.H/c1-2-3-4-5-6-7-8-9-14-10-12-15(16)13-11-14;;/h10-13,16H,2-9H2,1H3;;/q;+1;-1. The molecule has 2 heteroatoms. The molecule has 92 valence electrons. The van der Waals surface area contributed by atoms with Crippen LogP contribution in [0.2, 0.25) is 0 Å². The molecule has 1 aromatic rings. The van der Waals surface area contributed by atoms with Crippen molar-refractivity contribution in [3.8, 4) is 5.75 Å². The van der Waals surface area contributed by atoms with E-state index in [0.29, 0.717) is 5.75 Å². The minimum atomic E-state index is 0. The molecule has 0 heterocycles. The van der Waals surface area contributed by atoms with E-state index in [4.69, 9.17) is 5.11 Å². The van der Waals surface area contributed by atoms with Gasteiger partial charge in [0.1, 0.15) is 5.75 Å². The Morgan fingerprint density at radius 2 is 1.41 bits per heavy atom. The van der Waals surface area contributed by atoms with E-state index in [-0.39, 0.29) is 70.3 Å². The summed E-state index contributed by atoms with van der Waals surface area (Å²) >= 11 is 0. The van der Waals surface area contributed by atoms with Gasteiger partial charge >= 0.3 is 68.9 Å². The summed E-state index contributed by atoms with van der Waals surface area (Å²) in [4.78, 5) is 0. The van der Waals surface area contributed by atoms with Gasteiger partial charge in [-0.3, -0.25) is 0 Å². The van der Waals surface area contributed by atoms with Crippen LogP contribution in [0.25, 0.3) is 0 Å². The number of hydrogen-bond donors (Lipinski definition) is 1. The van der Waals surface area contributed by atoms with Gasteiger partial charge in [0, 0.05) is 0 Å². The Balaban J connectivity index is 0. The van der Waals surface area contributed by atoms with Crippen LogP contribution in [0.1, 0.15) is 58.9 Å². The SMILES string of the molecule is CCCCCCCCCc1ccc(O)cc1.[Cs+].[H-]. The Kier molecular flexibility index (Phi) is 12.9. The summed E-state index contributed by atoms with van der Waals surface area (Å²) in [5.74, 6) is 0.364. The van der Waals surface area contributed by atoms with Gasteiger partial charge in [0.25, 0.3) is 0 Å². The van der Waals surface area contributed by atoms with Crippen LogP contribution in [0.5, 0.6) is 5.75 Å². The minimum absolute atomic E-state index is 0. The molecule has 0 unspecified atom stereocenters. The van der Waals surface area contributed by atoms with Gasteiger partial charge in [0.05, 0.1) is 0 Å². The van der Waals surface area contributed by atoms with Crippen LogP contribution in [0.15, 0.2) is 24.3 Å². The van der Waals surface area contributed by atoms with E-state index in [1.54, 1.807) is 12.1 Å². The van der Waals surface area contributed by atoms with E-state index >= 15 is 0 Å². The summed E-state index contributed by atoms with van der Waals surface area (Å²) in [7, 11) is 0. The maximum Gasteiger partial charge on any atom is 1.00 e. The van der Waals surface area contributed by atoms with Crippen molar-refractivity contribution in [1.29, 1.82) is 0 Å². The predicted octanol–water partition coefficient (Wildman–Crippen LogP) is 1.80. The molecule has 0 aliphatic heterocycles. The summed E-state index contributed by atoms with van der Waals surface area (Å²) in [5.41, 5.74) is 1.34. The number of aromatic hydroxyl groups is 1. The average Bonchev–Trinajstić information content (AvgIpc) is 2.30. The van der Waals surface area contributed by atoms with E-state index in [1.807, 2.05) is 12.1 Å². The molecule has 0 fully saturated rings. The molecule has 0 radical (unpaired) electrons. The number of rotatable bonds is 8. The molecule has 0 bridgehead atoms. The first-order valence-corrected chi connectivity index (χ1v) is 6.61. The number of benzene rings is 1. The Hall–Kier alpha value is 1.07. The maximum absolute atomic E-state index is 9.15. The second kappa shape index (κ2) is 12.1. The van der Waals surface area contributed by atoms with Crippen LogP contribution >= 0.6 is 0 Å². The average molecular weight is 354 g/mol. The van der Waals surface area contributed by atoms with Gasteiger partial charge in [-0.25, -0.2) is 0 Å². The molecule has 1 rings (SSSR count). The first kappa shape index (κ1) is 18.1. The topological polar surface area (TPSA) is 20.2 Å². The molecule has 0 aromatic heterocycles. The number of hydrogen-bond acceptors (Lipinski definition) is 1. The van der Waals surface area contributed by atoms with E-state index in [0.717, 1.165) is 6.42 Å². The fraction of sp³-hybridized carbons (Fsp3) is 0.600. The maximum atomic E-state index is 9.15. The van der Waals surface area contributed by atoms with Crippen molar-refractivity contribution in [2.75, 3.05) is 0 Å². The summed E-state index contributed by atoms with van der Waals surface area (Å²) in [5, 5.41) is 9.15. The van der Waals surface area contributed by atoms with Crippen molar-refractivity contribution in [2.45, 2.75) is 58.3 Å². The fourth-order valence-corrected chi connectivity index (χ4v) is 1.95. The molecule has 0 saturated heterocycles. The third-order valence-corrected chi connectivity index (χ3v) is 3.01. The third-order valence-electron chi connectivity index (χ3n) is 3.01. The molecular formula is C15H25CsO. The van der Waals surface area contributed by atoms with Gasteiger partial charge in [0.2, 0.25) is 0 Å². The van der Waals surface area contributed by atoms with E-state index in [2.05, 4.69) is 6.92 Å². The third kappa shape index (κ3) is 9.63. The Morgan fingerprint density at radius 1 is 0.882 bits per heavy atom. The van der Waals surface area contributed by atoms with Gasteiger partial charge in [-0.1, -0.05) is 57.6 Å². The number of phenolic OH excluding ortho intramolecular Hbond substituents is 1. The molecule has 0 saturated carbocycles. The van der Waals surface area contributed by atoms with E-state index in [1.165, 1.54) is 50.5 Å². The van der Waals surface area contributed by atoms with Gasteiger partial charge in [-0.2, -0.15) is 0 Å². The predicted molar refractivity (Wildman–Crippen MR) is 70.9 cm³/mol. The van der Waals surface area contributed by atoms with Crippen LogP contribution in [0.3, 0.4) is 0 Å². The first-order chi connectivity index (χ1) is 7.83. The smallest absolute Gasteiger partial charge is 1.00 e. The monoisotopic (exact) mass is 354 g/mol. The van der Waals surface area contributed by atoms with Gasteiger partial charge < -0.3 is 6.53 Å². The van der Waals surface area contributed by atoms with Crippen molar-refractivity contribution in [2.24, 2.45) is 0 Å². The first-order valence-electron chi connectivity index (χ1n) is 6.61. The normalized spacial score (nSPS) is 9.94. The molecule has 0 amide bonds. The zero-order valence-corrected chi connectivity index (χ0v) is 17.7. The Bertz CT molecular complexity index is 274. The summed E-state index contributed by atoms with van der Waals surface area (Å²) < 4.78 is 0. The van der Waals surface area contributed by atoms with Crippen LogP contribution in [0.4, 0.5) is 0 Å². The van der Waals surface area contributed by atoms with Crippen molar-refractivity contribution in [3.63, 3.8) is 0 Å². The quantitative estimate of drug-likeness (QED) is 0.706. The van der Waals surface area contributed by atoms with Crippen molar-refractivity contribution in [1.82, 2.24) is 0 Å². The van der Waals surface area contributed by atoms with E-state index < -0.39 is 0 Å². The molecule has 0 aliphatic rings. The Morgan fingerprint density at radius 3 is 2.00 bits per heavy atom. The summed E-state index contributed by atoms with van der Waals surface area (Å²) in [6.07, 6.45) is 10.6. The van der Waals surface area contributed by atoms with Gasteiger partial charge in [-0.15, -0.1) is 0 Å². The number of unbranched alkanes of at least 4 members (excludes halogenated alkanes) is 6. The molecule has 17 heavy (non-hydrogen) atoms. The van der Waals surface area contributed by atoms with Crippen LogP contribution in [-0.2, 0) is 6.42 Å². The zero-order valence-electron chi connectivity index (χ0n) is 12.4. The molecule has 0 atom stereocenters. The molecular weight excluding hydrogens is 329 g/mol. The van der Waals surface area contributed by atoms with Gasteiger partial charge in [-0.05, 0) is 30.5 Å². The number of aryl methyl sites for hydroxylation is 1. The van der Waals surface area contributed by atoms with Crippen LogP contribution in [-0.4, -0.2) is 5.11 Å². The molecule has 0 aliphatic carbocycles. The Labute approximate surface area is 166 Å². The van der Waals surface area contributed by atoms with Crippen molar-refractivity contribution in [3.05, 3.63) is 29.8 Å². The number of phenols is 1. The molecule has 0 spiro atoms. The largest absolute Gasteiger partial charge is 1.00 e. The molecule has 1 nitrogen and oxygen atoms in total. The summed E-state index contributed by atoms with van der Waals surface area (Å²) in [6.45, 7) is 2.25. The van der Waals surface area contributed by atoms with Crippen molar-refractivity contribution < 1.29 is 75.4 Å². The summed E-state index contributed by atoms with van der Waals surface area (Å²) in [6, 6.07) is 7.59. The second-order valence-electron chi connectivity index (χ2n) is 4.54. The van der Waals surface area contributed by atoms with Crippen molar-refractivity contribution >= 4 is 0 Å². The molecule has 1 N–H and O–H groups in total. The van der Waals surface area contributed by atoms with Crippen LogP contribution < -0.4 is 68.9 Å². The molecule has 1 aromatic carbocycles. The second-order valence-corrected chi connectivity index (χ2v) is 4.54.